The molecule has 0 unspecified atom stereocenters. The molecule has 1 N–H and O–H groups in total. The summed E-state index contributed by atoms with van der Waals surface area (Å²) in [6, 6.07) is 0. The summed E-state index contributed by atoms with van der Waals surface area (Å²) in [5.74, 6) is -0.547. The Morgan fingerprint density at radius 2 is 1.85 bits per heavy atom. The van der Waals surface area contributed by atoms with Gasteiger partial charge in [-0.25, -0.2) is 0 Å². The Morgan fingerprint density at radius 1 is 1.23 bits per heavy atom. The maximum absolute atomic E-state index is 11.0. The van der Waals surface area contributed by atoms with E-state index in [4.69, 9.17) is 34.8 Å². The molecule has 78 valence electrons. The standard InChI is InChI=1S/C8H14Cl3NO/c1-2-3-4-5-6-12-7(13)8(9,10)11/h2-6H2,1H3,(H,12,13). The van der Waals surface area contributed by atoms with Crippen LogP contribution in [-0.2, 0) is 4.79 Å². The minimum Gasteiger partial charge on any atom is -0.352 e. The minimum absolute atomic E-state index is 0.547. The monoisotopic (exact) mass is 245 g/mol. The molecule has 0 bridgehead atoms. The summed E-state index contributed by atoms with van der Waals surface area (Å²) < 4.78 is -1.83. The van der Waals surface area contributed by atoms with Gasteiger partial charge in [0.1, 0.15) is 0 Å². The number of hydrogen-bond acceptors (Lipinski definition) is 1. The van der Waals surface area contributed by atoms with Crippen LogP contribution < -0.4 is 5.32 Å². The first-order chi connectivity index (χ1) is 5.98. The van der Waals surface area contributed by atoms with Crippen molar-refractivity contribution in [2.75, 3.05) is 6.54 Å². The highest BCUT2D eigenvalue weighted by Crippen LogP contribution is 2.25. The minimum atomic E-state index is -1.83. The largest absolute Gasteiger partial charge is 0.352 e. The number of hydrogen-bond donors (Lipinski definition) is 1. The van der Waals surface area contributed by atoms with E-state index in [-0.39, 0.29) is 0 Å². The lowest BCUT2D eigenvalue weighted by molar-refractivity contribution is -0.120. The average molecular weight is 247 g/mol. The first kappa shape index (κ1) is 13.3. The van der Waals surface area contributed by atoms with Gasteiger partial charge in [0, 0.05) is 6.54 Å². The van der Waals surface area contributed by atoms with Crippen molar-refractivity contribution in [1.82, 2.24) is 5.32 Å². The molecule has 0 saturated carbocycles. The van der Waals surface area contributed by atoms with Crippen molar-refractivity contribution in [2.45, 2.75) is 36.4 Å². The Labute approximate surface area is 93.9 Å². The fraction of sp³-hybridized carbons (Fsp3) is 0.875. The second kappa shape index (κ2) is 6.74. The van der Waals surface area contributed by atoms with Crippen LogP contribution in [0.5, 0.6) is 0 Å². The quantitative estimate of drug-likeness (QED) is 0.586. The summed E-state index contributed by atoms with van der Waals surface area (Å²) in [4.78, 5) is 11.0. The van der Waals surface area contributed by atoms with Gasteiger partial charge in [0.25, 0.3) is 9.70 Å². The summed E-state index contributed by atoms with van der Waals surface area (Å²) in [5.41, 5.74) is 0. The number of amides is 1. The van der Waals surface area contributed by atoms with Crippen molar-refractivity contribution in [2.24, 2.45) is 0 Å². The van der Waals surface area contributed by atoms with Crippen molar-refractivity contribution in [3.05, 3.63) is 0 Å². The first-order valence-electron chi connectivity index (χ1n) is 4.33. The van der Waals surface area contributed by atoms with E-state index in [9.17, 15) is 4.79 Å². The molecule has 0 aromatic rings. The summed E-state index contributed by atoms with van der Waals surface area (Å²) in [6.45, 7) is 2.70. The van der Waals surface area contributed by atoms with Crippen LogP contribution in [0.2, 0.25) is 0 Å². The van der Waals surface area contributed by atoms with Crippen LogP contribution in [0.4, 0.5) is 0 Å². The van der Waals surface area contributed by atoms with Crippen LogP contribution in [0.3, 0.4) is 0 Å². The molecule has 0 heterocycles. The molecule has 0 aromatic carbocycles. The molecule has 0 atom stereocenters. The highest BCUT2D eigenvalue weighted by molar-refractivity contribution is 6.76. The normalized spacial score (nSPS) is 11.4. The average Bonchev–Trinajstić information content (AvgIpc) is 2.02. The number of alkyl halides is 3. The Kier molecular flexibility index (Phi) is 6.92. The van der Waals surface area contributed by atoms with Gasteiger partial charge in [-0.3, -0.25) is 4.79 Å². The molecule has 1 amide bonds. The van der Waals surface area contributed by atoms with Gasteiger partial charge in [0.15, 0.2) is 0 Å². The van der Waals surface area contributed by atoms with Crippen molar-refractivity contribution < 1.29 is 4.79 Å². The van der Waals surface area contributed by atoms with Gasteiger partial charge in [-0.1, -0.05) is 61.0 Å². The third-order valence-corrected chi connectivity index (χ3v) is 2.09. The van der Waals surface area contributed by atoms with Gasteiger partial charge in [-0.05, 0) is 6.42 Å². The topological polar surface area (TPSA) is 29.1 Å². The van der Waals surface area contributed by atoms with E-state index in [1.54, 1.807) is 0 Å². The number of carbonyl (C=O) groups is 1. The smallest absolute Gasteiger partial charge is 0.272 e. The second-order valence-corrected chi connectivity index (χ2v) is 5.10. The summed E-state index contributed by atoms with van der Waals surface area (Å²) >= 11 is 16.0. The predicted octanol–water partition coefficient (Wildman–Crippen LogP) is 3.05. The first-order valence-corrected chi connectivity index (χ1v) is 5.47. The van der Waals surface area contributed by atoms with Gasteiger partial charge >= 0.3 is 0 Å². The van der Waals surface area contributed by atoms with Gasteiger partial charge in [-0.15, -0.1) is 0 Å². The summed E-state index contributed by atoms with van der Waals surface area (Å²) in [7, 11) is 0. The maximum atomic E-state index is 11.0. The molecule has 5 heteroatoms. The van der Waals surface area contributed by atoms with Gasteiger partial charge in [-0.2, -0.15) is 0 Å². The molecule has 0 rings (SSSR count). The van der Waals surface area contributed by atoms with E-state index >= 15 is 0 Å². The van der Waals surface area contributed by atoms with Crippen LogP contribution in [0, 0.1) is 0 Å². The SMILES string of the molecule is CCCCCCNC(=O)C(Cl)(Cl)Cl. The molecule has 0 spiro atoms. The lowest BCUT2D eigenvalue weighted by Crippen LogP contribution is -2.35. The molecule has 13 heavy (non-hydrogen) atoms. The Morgan fingerprint density at radius 3 is 2.31 bits per heavy atom. The molecule has 0 fully saturated rings. The van der Waals surface area contributed by atoms with Gasteiger partial charge in [0.2, 0.25) is 0 Å². The third kappa shape index (κ3) is 7.41. The van der Waals surface area contributed by atoms with E-state index in [0.29, 0.717) is 6.54 Å². The fourth-order valence-electron chi connectivity index (χ4n) is 0.854. The zero-order chi connectivity index (χ0) is 10.3. The number of unbranched alkanes of at least 4 members (excludes halogenated alkanes) is 3. The van der Waals surface area contributed by atoms with Crippen molar-refractivity contribution >= 4 is 40.7 Å². The molecule has 0 aliphatic rings. The van der Waals surface area contributed by atoms with Gasteiger partial charge < -0.3 is 5.32 Å². The molecule has 2 nitrogen and oxygen atoms in total. The highest BCUT2D eigenvalue weighted by atomic mass is 35.6. The lowest BCUT2D eigenvalue weighted by Gasteiger charge is -2.10. The molecule has 0 aliphatic carbocycles. The van der Waals surface area contributed by atoms with E-state index in [2.05, 4.69) is 12.2 Å². The number of halogens is 3. The van der Waals surface area contributed by atoms with E-state index in [1.165, 1.54) is 12.8 Å². The Hall–Kier alpha value is 0.340. The highest BCUT2D eigenvalue weighted by Gasteiger charge is 2.29. The second-order valence-electron chi connectivity index (χ2n) is 2.81. The van der Waals surface area contributed by atoms with E-state index < -0.39 is 9.70 Å². The maximum Gasteiger partial charge on any atom is 0.272 e. The Balaban J connectivity index is 3.38. The number of carbonyl (C=O) groups excluding carboxylic acids is 1. The van der Waals surface area contributed by atoms with Crippen molar-refractivity contribution in [3.63, 3.8) is 0 Å². The fourth-order valence-corrected chi connectivity index (χ4v) is 1.05. The molecule has 0 aliphatic heterocycles. The molecule has 0 aromatic heterocycles. The van der Waals surface area contributed by atoms with Crippen molar-refractivity contribution in [3.8, 4) is 0 Å². The van der Waals surface area contributed by atoms with Crippen LogP contribution in [0.1, 0.15) is 32.6 Å². The van der Waals surface area contributed by atoms with E-state index in [1.807, 2.05) is 0 Å². The van der Waals surface area contributed by atoms with E-state index in [0.717, 1.165) is 12.8 Å². The molecule has 0 saturated heterocycles. The van der Waals surface area contributed by atoms with Crippen molar-refractivity contribution in [1.29, 1.82) is 0 Å². The molecular weight excluding hydrogens is 232 g/mol. The van der Waals surface area contributed by atoms with Crippen LogP contribution in [0.25, 0.3) is 0 Å². The van der Waals surface area contributed by atoms with Crippen LogP contribution in [0.15, 0.2) is 0 Å². The zero-order valence-electron chi connectivity index (χ0n) is 7.58. The molecule has 0 radical (unpaired) electrons. The number of nitrogens with one attached hydrogen (secondary N) is 1. The van der Waals surface area contributed by atoms with Gasteiger partial charge in [0.05, 0.1) is 0 Å². The summed E-state index contributed by atoms with van der Waals surface area (Å²) in [5, 5.41) is 2.55. The Bertz CT molecular complexity index is 156. The third-order valence-electron chi connectivity index (χ3n) is 1.57. The predicted molar refractivity (Wildman–Crippen MR) is 57.4 cm³/mol. The zero-order valence-corrected chi connectivity index (χ0v) is 9.85. The van der Waals surface area contributed by atoms with Crippen LogP contribution >= 0.6 is 34.8 Å². The number of rotatable bonds is 5. The lowest BCUT2D eigenvalue weighted by atomic mass is 10.2. The van der Waals surface area contributed by atoms with Crippen LogP contribution in [-0.4, -0.2) is 16.2 Å². The molecular formula is C8H14Cl3NO. The summed E-state index contributed by atoms with van der Waals surface area (Å²) in [6.07, 6.45) is 4.36.